The minimum absolute atomic E-state index is 0.724. The minimum Gasteiger partial charge on any atom is -0.399 e. The largest absolute Gasteiger partial charge is 0.399 e. The van der Waals surface area contributed by atoms with E-state index in [1.807, 2.05) is 85.0 Å². The number of aryl methyl sites for hydroxylation is 2. The zero-order valence-corrected chi connectivity index (χ0v) is 21.4. The van der Waals surface area contributed by atoms with Gasteiger partial charge < -0.3 is 5.73 Å². The molecule has 0 aliphatic carbocycles. The van der Waals surface area contributed by atoms with Crippen LogP contribution >= 0.6 is 0 Å². The molecular weight excluding hydrogens is 458 g/mol. The van der Waals surface area contributed by atoms with Crippen molar-refractivity contribution in [3.8, 4) is 0 Å². The van der Waals surface area contributed by atoms with Crippen LogP contribution in [0.2, 0.25) is 0 Å². The van der Waals surface area contributed by atoms with Crippen LogP contribution in [-0.2, 0) is 13.1 Å². The molecule has 2 heterocycles. The van der Waals surface area contributed by atoms with Crippen LogP contribution in [0.5, 0.6) is 0 Å². The predicted molar refractivity (Wildman–Crippen MR) is 149 cm³/mol. The number of nitrogens with zero attached hydrogens (tertiary/aromatic N) is 6. The Balaban J connectivity index is 1.11. The van der Waals surface area contributed by atoms with Gasteiger partial charge in [0.25, 0.3) is 0 Å². The average molecular weight is 494 g/mol. The number of nitrogens with two attached hydrogens (primary N) is 1. The van der Waals surface area contributed by atoms with E-state index in [2.05, 4.69) is 61.4 Å². The van der Waals surface area contributed by atoms with Crippen LogP contribution in [0, 0.1) is 0 Å². The number of rotatable bonds is 12. The number of azo groups is 1. The molecule has 0 aliphatic rings. The number of anilines is 2. The zero-order valence-electron chi connectivity index (χ0n) is 21.4. The van der Waals surface area contributed by atoms with E-state index in [1.165, 1.54) is 19.3 Å². The average Bonchev–Trinajstić information content (AvgIpc) is 2.95. The fourth-order valence-electron chi connectivity index (χ4n) is 3.83. The molecule has 0 amide bonds. The van der Waals surface area contributed by atoms with Crippen LogP contribution in [0.25, 0.3) is 0 Å². The standard InChI is InChI=1S/C30H34N7/c1-35(30-9-5-4-6-10-30)32-25-26-15-21-36(22-16-26)19-7-2-3-8-20-37-23-17-29(18-24-37)34-33-28-13-11-27(31)12-14-28/h4-6,9-18,21-25,31H,2-3,7-8,19-20H2,1H3/q+1/p+1. The maximum atomic E-state index is 5.70. The first-order valence-electron chi connectivity index (χ1n) is 12.7. The molecule has 7 heteroatoms. The summed E-state index contributed by atoms with van der Waals surface area (Å²) in [5, 5.41) is 14.9. The summed E-state index contributed by atoms with van der Waals surface area (Å²) in [5.41, 5.74) is 10.2. The Morgan fingerprint density at radius 3 is 1.81 bits per heavy atom. The first-order valence-corrected chi connectivity index (χ1v) is 12.7. The number of hydrazone groups is 1. The van der Waals surface area contributed by atoms with Gasteiger partial charge in [-0.25, -0.2) is 9.13 Å². The molecule has 0 atom stereocenters. The number of aromatic nitrogens is 2. The van der Waals surface area contributed by atoms with E-state index in [0.717, 1.165) is 47.8 Å². The maximum Gasteiger partial charge on any atom is 0.171 e. The molecule has 188 valence electrons. The molecule has 2 aromatic heterocycles. The second-order valence-electron chi connectivity index (χ2n) is 8.97. The van der Waals surface area contributed by atoms with Crippen LogP contribution in [0.1, 0.15) is 31.2 Å². The van der Waals surface area contributed by atoms with E-state index in [-0.39, 0.29) is 0 Å². The van der Waals surface area contributed by atoms with Crippen molar-refractivity contribution in [2.75, 3.05) is 17.8 Å². The summed E-state index contributed by atoms with van der Waals surface area (Å²) < 4.78 is 4.44. The Morgan fingerprint density at radius 1 is 0.676 bits per heavy atom. The third-order valence-electron chi connectivity index (χ3n) is 6.06. The van der Waals surface area contributed by atoms with Crippen LogP contribution in [-0.4, -0.2) is 13.3 Å². The van der Waals surface area contributed by atoms with E-state index in [0.29, 0.717) is 0 Å². The predicted octanol–water partition coefficient (Wildman–Crippen LogP) is 5.99. The van der Waals surface area contributed by atoms with Crippen molar-refractivity contribution < 1.29 is 9.13 Å². The van der Waals surface area contributed by atoms with Gasteiger partial charge in [0.05, 0.1) is 23.3 Å². The third kappa shape index (κ3) is 8.65. The second-order valence-corrected chi connectivity index (χ2v) is 8.97. The van der Waals surface area contributed by atoms with Gasteiger partial charge in [0, 0.05) is 55.4 Å². The number of nitrogen functional groups attached to an aromatic ring is 1. The van der Waals surface area contributed by atoms with Crippen molar-refractivity contribution in [1.29, 1.82) is 0 Å². The van der Waals surface area contributed by atoms with E-state index >= 15 is 0 Å². The highest BCUT2D eigenvalue weighted by molar-refractivity contribution is 5.79. The number of benzene rings is 2. The van der Waals surface area contributed by atoms with Gasteiger partial charge in [-0.1, -0.05) is 18.2 Å². The fraction of sp³-hybridized carbons (Fsp3) is 0.233. The molecule has 2 aromatic carbocycles. The Bertz CT molecular complexity index is 1270. The van der Waals surface area contributed by atoms with Crippen molar-refractivity contribution in [3.63, 3.8) is 0 Å². The summed E-state index contributed by atoms with van der Waals surface area (Å²) >= 11 is 0. The third-order valence-corrected chi connectivity index (χ3v) is 6.06. The molecule has 7 nitrogen and oxygen atoms in total. The fourth-order valence-corrected chi connectivity index (χ4v) is 3.83. The molecule has 4 rings (SSSR count). The summed E-state index contributed by atoms with van der Waals surface area (Å²) in [6, 6.07) is 25.7. The van der Waals surface area contributed by atoms with E-state index < -0.39 is 0 Å². The normalized spacial score (nSPS) is 11.4. The zero-order chi connectivity index (χ0) is 25.7. The molecule has 0 saturated heterocycles. The summed E-state index contributed by atoms with van der Waals surface area (Å²) in [7, 11) is 1.96. The van der Waals surface area contributed by atoms with E-state index in [9.17, 15) is 0 Å². The van der Waals surface area contributed by atoms with Gasteiger partial charge in [0.15, 0.2) is 24.8 Å². The molecule has 0 saturated carbocycles. The summed E-state index contributed by atoms with van der Waals surface area (Å²) in [4.78, 5) is 0. The van der Waals surface area contributed by atoms with Crippen LogP contribution in [0.4, 0.5) is 22.7 Å². The molecule has 4 aromatic rings. The number of hydrogen-bond donors (Lipinski definition) is 1. The van der Waals surface area contributed by atoms with E-state index in [1.54, 1.807) is 0 Å². The van der Waals surface area contributed by atoms with Gasteiger partial charge in [-0.15, -0.1) is 0 Å². The molecule has 0 aliphatic heterocycles. The lowest BCUT2D eigenvalue weighted by atomic mass is 10.2. The van der Waals surface area contributed by atoms with Crippen molar-refractivity contribution in [3.05, 3.63) is 109 Å². The Hall–Kier alpha value is -4.39. The topological polar surface area (TPSA) is 74.1 Å². The smallest absolute Gasteiger partial charge is 0.171 e. The molecule has 37 heavy (non-hydrogen) atoms. The molecule has 0 bridgehead atoms. The number of para-hydroxylation sites is 1. The lowest BCUT2D eigenvalue weighted by Gasteiger charge is -2.11. The van der Waals surface area contributed by atoms with Crippen LogP contribution in [0.15, 0.2) is 119 Å². The lowest BCUT2D eigenvalue weighted by Crippen LogP contribution is -2.33. The van der Waals surface area contributed by atoms with Gasteiger partial charge in [-0.2, -0.15) is 15.3 Å². The summed E-state index contributed by atoms with van der Waals surface area (Å²) in [5.74, 6) is 0. The van der Waals surface area contributed by atoms with Crippen molar-refractivity contribution in [2.24, 2.45) is 15.3 Å². The quantitative estimate of drug-likeness (QED) is 0.0657. The highest BCUT2D eigenvalue weighted by Gasteiger charge is 2.04. The molecule has 0 radical (unpaired) electrons. The number of hydrogen-bond acceptors (Lipinski definition) is 5. The van der Waals surface area contributed by atoms with Gasteiger partial charge >= 0.3 is 0 Å². The van der Waals surface area contributed by atoms with E-state index in [4.69, 9.17) is 5.73 Å². The van der Waals surface area contributed by atoms with Gasteiger partial charge in [-0.3, -0.25) is 5.01 Å². The number of pyridine rings is 2. The first kappa shape index (κ1) is 25.7. The molecule has 0 fully saturated rings. The minimum atomic E-state index is 0.724. The lowest BCUT2D eigenvalue weighted by molar-refractivity contribution is -0.698. The highest BCUT2D eigenvalue weighted by Crippen LogP contribution is 2.18. The van der Waals surface area contributed by atoms with Gasteiger partial charge in [0.1, 0.15) is 13.1 Å². The molecule has 0 unspecified atom stereocenters. The monoisotopic (exact) mass is 493 g/mol. The van der Waals surface area contributed by atoms with Crippen molar-refractivity contribution in [2.45, 2.75) is 38.8 Å². The van der Waals surface area contributed by atoms with Crippen LogP contribution in [0.3, 0.4) is 0 Å². The van der Waals surface area contributed by atoms with Gasteiger partial charge in [-0.05, 0) is 49.2 Å². The first-order chi connectivity index (χ1) is 18.2. The van der Waals surface area contributed by atoms with Crippen molar-refractivity contribution in [1.82, 2.24) is 0 Å². The Kier molecular flexibility index (Phi) is 9.47. The molecule has 2 N–H and O–H groups in total. The molecular formula is C30H35N7+2. The maximum absolute atomic E-state index is 5.70. The summed E-state index contributed by atoms with van der Waals surface area (Å²) in [6.45, 7) is 2.04. The molecule has 0 spiro atoms. The summed E-state index contributed by atoms with van der Waals surface area (Å²) in [6.07, 6.45) is 15.0. The SMILES string of the molecule is CN(N=Cc1cc[n+](CCCCCC[n+]2ccc(N=Nc3ccc(N)cc3)cc2)cc1)c1ccccc1. The second kappa shape index (κ2) is 13.6. The Labute approximate surface area is 219 Å². The van der Waals surface area contributed by atoms with Gasteiger partial charge in [0.2, 0.25) is 0 Å². The number of unbranched alkanes of at least 4 members (excludes halogenated alkanes) is 3. The Morgan fingerprint density at radius 2 is 1.22 bits per heavy atom. The van der Waals surface area contributed by atoms with Crippen LogP contribution < -0.4 is 19.9 Å². The van der Waals surface area contributed by atoms with Crippen molar-refractivity contribution >= 4 is 29.0 Å². The highest BCUT2D eigenvalue weighted by atomic mass is 15.4.